The molecule has 110 valence electrons. The Kier molecular flexibility index (Phi) is 4.22. The Balaban J connectivity index is 2.29. The fraction of sp³-hybridized carbons (Fsp3) is 0.500. The van der Waals surface area contributed by atoms with Crippen molar-refractivity contribution in [3.8, 4) is 17.2 Å². The van der Waals surface area contributed by atoms with Gasteiger partial charge in [-0.15, -0.1) is 0 Å². The Bertz CT molecular complexity index is 473. The van der Waals surface area contributed by atoms with Crippen molar-refractivity contribution in [2.45, 2.75) is 18.9 Å². The highest BCUT2D eigenvalue weighted by Crippen LogP contribution is 2.41. The standard InChI is InChI=1S/C14H19NO5/c1-18-10-6-9(7-11(19-2)13(10)20-3)15-12(14(16)17)8-4-5-8/h6-8,12,15H,4-5H2,1-3H3,(H,16,17). The van der Waals surface area contributed by atoms with Gasteiger partial charge < -0.3 is 24.6 Å². The van der Waals surface area contributed by atoms with Crippen LogP contribution in [-0.4, -0.2) is 38.4 Å². The normalized spacial score (nSPS) is 15.3. The van der Waals surface area contributed by atoms with E-state index < -0.39 is 12.0 Å². The number of methoxy groups -OCH3 is 3. The minimum absolute atomic E-state index is 0.187. The summed E-state index contributed by atoms with van der Waals surface area (Å²) in [6.07, 6.45) is 1.88. The molecule has 1 fully saturated rings. The second-order valence-electron chi connectivity index (χ2n) is 4.71. The summed E-state index contributed by atoms with van der Waals surface area (Å²) in [5, 5.41) is 12.3. The Morgan fingerprint density at radius 1 is 1.20 bits per heavy atom. The quantitative estimate of drug-likeness (QED) is 0.796. The first-order valence-corrected chi connectivity index (χ1v) is 6.40. The molecule has 1 saturated carbocycles. The number of aliphatic carboxylic acids is 1. The monoisotopic (exact) mass is 281 g/mol. The molecular weight excluding hydrogens is 262 g/mol. The van der Waals surface area contributed by atoms with Crippen LogP contribution in [0, 0.1) is 5.92 Å². The fourth-order valence-corrected chi connectivity index (χ4v) is 2.15. The molecule has 1 aliphatic rings. The third kappa shape index (κ3) is 2.89. The molecule has 0 aliphatic heterocycles. The van der Waals surface area contributed by atoms with E-state index in [1.807, 2.05) is 0 Å². The Morgan fingerprint density at radius 3 is 2.10 bits per heavy atom. The number of carbonyl (C=O) groups is 1. The van der Waals surface area contributed by atoms with Gasteiger partial charge in [0.05, 0.1) is 21.3 Å². The van der Waals surface area contributed by atoms with Crippen LogP contribution in [0.2, 0.25) is 0 Å². The van der Waals surface area contributed by atoms with Crippen LogP contribution in [-0.2, 0) is 4.79 Å². The highest BCUT2D eigenvalue weighted by molar-refractivity contribution is 5.79. The van der Waals surface area contributed by atoms with Crippen LogP contribution in [0.4, 0.5) is 5.69 Å². The number of hydrogen-bond acceptors (Lipinski definition) is 5. The molecule has 1 unspecified atom stereocenters. The smallest absolute Gasteiger partial charge is 0.326 e. The van der Waals surface area contributed by atoms with Crippen LogP contribution in [0.3, 0.4) is 0 Å². The lowest BCUT2D eigenvalue weighted by atomic mass is 10.1. The molecule has 0 amide bonds. The minimum atomic E-state index is -0.846. The largest absolute Gasteiger partial charge is 0.493 e. The first-order chi connectivity index (χ1) is 9.60. The van der Waals surface area contributed by atoms with Gasteiger partial charge in [0.15, 0.2) is 11.5 Å². The van der Waals surface area contributed by atoms with Crippen LogP contribution in [0.1, 0.15) is 12.8 Å². The van der Waals surface area contributed by atoms with Gasteiger partial charge >= 0.3 is 5.97 Å². The molecule has 1 aromatic rings. The number of carboxylic acid groups (broad SMARTS) is 1. The molecule has 6 heteroatoms. The van der Waals surface area contributed by atoms with Gasteiger partial charge in [-0.1, -0.05) is 0 Å². The molecule has 2 N–H and O–H groups in total. The van der Waals surface area contributed by atoms with Gasteiger partial charge in [0.1, 0.15) is 6.04 Å². The highest BCUT2D eigenvalue weighted by Gasteiger charge is 2.36. The summed E-state index contributed by atoms with van der Waals surface area (Å²) in [4.78, 5) is 11.3. The third-order valence-corrected chi connectivity index (χ3v) is 3.35. The maximum Gasteiger partial charge on any atom is 0.326 e. The molecule has 0 spiro atoms. The number of rotatable bonds is 7. The number of benzene rings is 1. The number of ether oxygens (including phenoxy) is 3. The van der Waals surface area contributed by atoms with Crippen LogP contribution in [0.15, 0.2) is 12.1 Å². The summed E-state index contributed by atoms with van der Waals surface area (Å²) in [6, 6.07) is 2.83. The van der Waals surface area contributed by atoms with Gasteiger partial charge in [-0.05, 0) is 18.8 Å². The SMILES string of the molecule is COc1cc(NC(C(=O)O)C2CC2)cc(OC)c1OC. The molecule has 0 saturated heterocycles. The zero-order valence-corrected chi connectivity index (χ0v) is 11.8. The molecule has 1 aromatic carbocycles. The van der Waals surface area contributed by atoms with Crippen LogP contribution < -0.4 is 19.5 Å². The molecule has 1 atom stereocenters. The van der Waals surface area contributed by atoms with Crippen molar-refractivity contribution in [2.75, 3.05) is 26.6 Å². The lowest BCUT2D eigenvalue weighted by molar-refractivity contribution is -0.138. The Morgan fingerprint density at radius 2 is 1.75 bits per heavy atom. The highest BCUT2D eigenvalue weighted by atomic mass is 16.5. The summed E-state index contributed by atoms with van der Waals surface area (Å²) in [7, 11) is 4.57. The van der Waals surface area contributed by atoms with E-state index >= 15 is 0 Å². The second-order valence-corrected chi connectivity index (χ2v) is 4.71. The predicted molar refractivity (Wildman–Crippen MR) is 73.9 cm³/mol. The lowest BCUT2D eigenvalue weighted by Gasteiger charge is -2.18. The zero-order valence-electron chi connectivity index (χ0n) is 11.8. The van der Waals surface area contributed by atoms with Crippen LogP contribution in [0.5, 0.6) is 17.2 Å². The fourth-order valence-electron chi connectivity index (χ4n) is 2.15. The first-order valence-electron chi connectivity index (χ1n) is 6.40. The van der Waals surface area contributed by atoms with E-state index in [1.54, 1.807) is 12.1 Å². The van der Waals surface area contributed by atoms with Crippen LogP contribution in [0.25, 0.3) is 0 Å². The van der Waals surface area contributed by atoms with Gasteiger partial charge in [0, 0.05) is 17.8 Å². The maximum atomic E-state index is 11.3. The van der Waals surface area contributed by atoms with E-state index in [2.05, 4.69) is 5.32 Å². The summed E-state index contributed by atoms with van der Waals surface area (Å²) in [5.41, 5.74) is 0.638. The second kappa shape index (κ2) is 5.90. The first kappa shape index (κ1) is 14.3. The molecular formula is C14H19NO5. The average molecular weight is 281 g/mol. The van der Waals surface area contributed by atoms with Crippen molar-refractivity contribution in [3.63, 3.8) is 0 Å². The summed E-state index contributed by atoms with van der Waals surface area (Å²) in [5.74, 6) is 0.815. The third-order valence-electron chi connectivity index (χ3n) is 3.35. The summed E-state index contributed by atoms with van der Waals surface area (Å²) < 4.78 is 15.7. The number of hydrogen-bond donors (Lipinski definition) is 2. The van der Waals surface area contributed by atoms with E-state index in [-0.39, 0.29) is 5.92 Å². The molecule has 20 heavy (non-hydrogen) atoms. The van der Waals surface area contributed by atoms with E-state index in [9.17, 15) is 9.90 Å². The van der Waals surface area contributed by atoms with Gasteiger partial charge in [-0.3, -0.25) is 0 Å². The molecule has 0 radical (unpaired) electrons. The minimum Gasteiger partial charge on any atom is -0.493 e. The van der Waals surface area contributed by atoms with Crippen LogP contribution >= 0.6 is 0 Å². The van der Waals surface area contributed by atoms with E-state index in [0.29, 0.717) is 22.9 Å². The molecule has 0 heterocycles. The van der Waals surface area contributed by atoms with Crippen molar-refractivity contribution >= 4 is 11.7 Å². The van der Waals surface area contributed by atoms with Crippen molar-refractivity contribution in [2.24, 2.45) is 5.92 Å². The van der Waals surface area contributed by atoms with Gasteiger partial charge in [0.2, 0.25) is 5.75 Å². The molecule has 0 aromatic heterocycles. The number of anilines is 1. The molecule has 6 nitrogen and oxygen atoms in total. The lowest BCUT2D eigenvalue weighted by Crippen LogP contribution is -2.31. The van der Waals surface area contributed by atoms with E-state index in [0.717, 1.165) is 12.8 Å². The summed E-state index contributed by atoms with van der Waals surface area (Å²) >= 11 is 0. The Labute approximate surface area is 117 Å². The van der Waals surface area contributed by atoms with E-state index in [4.69, 9.17) is 14.2 Å². The summed E-state index contributed by atoms with van der Waals surface area (Å²) in [6.45, 7) is 0. The number of nitrogens with one attached hydrogen (secondary N) is 1. The zero-order chi connectivity index (χ0) is 14.7. The van der Waals surface area contributed by atoms with Gasteiger partial charge in [-0.2, -0.15) is 0 Å². The molecule has 1 aliphatic carbocycles. The molecule has 2 rings (SSSR count). The van der Waals surface area contributed by atoms with Gasteiger partial charge in [0.25, 0.3) is 0 Å². The van der Waals surface area contributed by atoms with Crippen molar-refractivity contribution in [1.29, 1.82) is 0 Å². The van der Waals surface area contributed by atoms with Crippen molar-refractivity contribution in [3.05, 3.63) is 12.1 Å². The average Bonchev–Trinajstić information content (AvgIpc) is 3.27. The topological polar surface area (TPSA) is 77.0 Å². The van der Waals surface area contributed by atoms with E-state index in [1.165, 1.54) is 21.3 Å². The van der Waals surface area contributed by atoms with Crippen molar-refractivity contribution < 1.29 is 24.1 Å². The van der Waals surface area contributed by atoms with Crippen molar-refractivity contribution in [1.82, 2.24) is 0 Å². The predicted octanol–water partition coefficient (Wildman–Crippen LogP) is 1.99. The molecule has 0 bridgehead atoms. The van der Waals surface area contributed by atoms with Gasteiger partial charge in [-0.25, -0.2) is 4.79 Å². The maximum absolute atomic E-state index is 11.3. The number of carboxylic acids is 1. The Hall–Kier alpha value is -2.11.